The van der Waals surface area contributed by atoms with E-state index in [1.807, 2.05) is 25.1 Å². The highest BCUT2D eigenvalue weighted by Gasteiger charge is 2.17. The van der Waals surface area contributed by atoms with Crippen molar-refractivity contribution in [2.45, 2.75) is 46.1 Å². The van der Waals surface area contributed by atoms with Gasteiger partial charge >= 0.3 is 0 Å². The van der Waals surface area contributed by atoms with E-state index in [9.17, 15) is 0 Å². The molecular formula is C13H22N2. The Morgan fingerprint density at radius 1 is 1.33 bits per heavy atom. The number of aryl methyl sites for hydroxylation is 1. The van der Waals surface area contributed by atoms with Gasteiger partial charge in [0, 0.05) is 5.54 Å². The third kappa shape index (κ3) is 3.15. The summed E-state index contributed by atoms with van der Waals surface area (Å²) in [6.07, 6.45) is 2.31. The van der Waals surface area contributed by atoms with Crippen molar-refractivity contribution in [3.63, 3.8) is 0 Å². The van der Waals surface area contributed by atoms with Crippen LogP contribution in [0.5, 0.6) is 0 Å². The van der Waals surface area contributed by atoms with Crippen LogP contribution in [0.2, 0.25) is 0 Å². The monoisotopic (exact) mass is 206 g/mol. The molecule has 0 spiro atoms. The fourth-order valence-corrected chi connectivity index (χ4v) is 1.84. The van der Waals surface area contributed by atoms with Gasteiger partial charge in [-0.3, -0.25) is 0 Å². The Labute approximate surface area is 92.9 Å². The summed E-state index contributed by atoms with van der Waals surface area (Å²) < 4.78 is 0. The molecule has 0 bridgehead atoms. The zero-order chi connectivity index (χ0) is 11.5. The average Bonchev–Trinajstić information content (AvgIpc) is 2.12. The van der Waals surface area contributed by atoms with Gasteiger partial charge in [-0.25, -0.2) is 0 Å². The fourth-order valence-electron chi connectivity index (χ4n) is 1.84. The van der Waals surface area contributed by atoms with E-state index in [1.165, 1.54) is 6.42 Å². The molecule has 3 N–H and O–H groups in total. The van der Waals surface area contributed by atoms with Crippen LogP contribution in [-0.4, -0.2) is 5.54 Å². The summed E-state index contributed by atoms with van der Waals surface area (Å²) in [5.74, 6) is 0. The van der Waals surface area contributed by atoms with Gasteiger partial charge in [-0.15, -0.1) is 0 Å². The number of para-hydroxylation sites is 1. The number of nitrogen functional groups attached to an aromatic ring is 1. The smallest absolute Gasteiger partial charge is 0.0580 e. The van der Waals surface area contributed by atoms with Crippen molar-refractivity contribution in [3.05, 3.63) is 23.8 Å². The van der Waals surface area contributed by atoms with E-state index < -0.39 is 0 Å². The standard InChI is InChI=1S/C13H22N2/c1-5-9-13(3,4)15-11-8-6-7-10(2)12(11)14/h6-8,15H,5,9,14H2,1-4H3. The molecule has 0 unspecified atom stereocenters. The number of benzene rings is 1. The van der Waals surface area contributed by atoms with Crippen molar-refractivity contribution in [1.29, 1.82) is 0 Å². The zero-order valence-corrected chi connectivity index (χ0v) is 10.2. The lowest BCUT2D eigenvalue weighted by Crippen LogP contribution is -2.30. The maximum atomic E-state index is 6.02. The van der Waals surface area contributed by atoms with E-state index in [0.29, 0.717) is 0 Å². The number of rotatable bonds is 4. The second kappa shape index (κ2) is 4.56. The Bertz CT molecular complexity index is 329. The highest BCUT2D eigenvalue weighted by Crippen LogP contribution is 2.26. The van der Waals surface area contributed by atoms with Crippen molar-refractivity contribution < 1.29 is 0 Å². The molecule has 0 saturated carbocycles. The molecule has 2 heteroatoms. The minimum absolute atomic E-state index is 0.108. The molecular weight excluding hydrogens is 184 g/mol. The second-order valence-electron chi connectivity index (χ2n) is 4.80. The number of hydrogen-bond acceptors (Lipinski definition) is 2. The molecule has 0 radical (unpaired) electrons. The fraction of sp³-hybridized carbons (Fsp3) is 0.538. The van der Waals surface area contributed by atoms with Crippen molar-refractivity contribution in [2.75, 3.05) is 11.1 Å². The van der Waals surface area contributed by atoms with Gasteiger partial charge in [0.25, 0.3) is 0 Å². The van der Waals surface area contributed by atoms with Crippen LogP contribution < -0.4 is 11.1 Å². The molecule has 84 valence electrons. The maximum Gasteiger partial charge on any atom is 0.0580 e. The van der Waals surface area contributed by atoms with Crippen LogP contribution >= 0.6 is 0 Å². The van der Waals surface area contributed by atoms with Crippen molar-refractivity contribution in [2.24, 2.45) is 0 Å². The van der Waals surface area contributed by atoms with Crippen LogP contribution in [0.1, 0.15) is 39.2 Å². The van der Waals surface area contributed by atoms with Gasteiger partial charge in [0.2, 0.25) is 0 Å². The average molecular weight is 206 g/mol. The summed E-state index contributed by atoms with van der Waals surface area (Å²) in [4.78, 5) is 0. The molecule has 0 aliphatic rings. The number of hydrogen-bond donors (Lipinski definition) is 2. The van der Waals surface area contributed by atoms with E-state index in [0.717, 1.165) is 23.4 Å². The van der Waals surface area contributed by atoms with Crippen molar-refractivity contribution in [1.82, 2.24) is 0 Å². The van der Waals surface area contributed by atoms with Gasteiger partial charge in [-0.2, -0.15) is 0 Å². The molecule has 0 fully saturated rings. The topological polar surface area (TPSA) is 38.0 Å². The Morgan fingerprint density at radius 3 is 2.60 bits per heavy atom. The molecule has 0 saturated heterocycles. The van der Waals surface area contributed by atoms with Crippen LogP contribution in [0.15, 0.2) is 18.2 Å². The van der Waals surface area contributed by atoms with Gasteiger partial charge in [-0.1, -0.05) is 25.5 Å². The minimum Gasteiger partial charge on any atom is -0.397 e. The van der Waals surface area contributed by atoms with Crippen LogP contribution in [0.4, 0.5) is 11.4 Å². The maximum absolute atomic E-state index is 6.02. The number of nitrogens with one attached hydrogen (secondary N) is 1. The van der Waals surface area contributed by atoms with Gasteiger partial charge in [0.1, 0.15) is 0 Å². The van der Waals surface area contributed by atoms with Crippen molar-refractivity contribution in [3.8, 4) is 0 Å². The molecule has 1 aromatic rings. The lowest BCUT2D eigenvalue weighted by atomic mass is 9.98. The predicted molar refractivity (Wildman–Crippen MR) is 68.2 cm³/mol. The molecule has 0 aromatic heterocycles. The first-order valence-corrected chi connectivity index (χ1v) is 5.59. The molecule has 1 aromatic carbocycles. The van der Waals surface area contributed by atoms with Crippen molar-refractivity contribution >= 4 is 11.4 Å². The normalized spacial score (nSPS) is 11.5. The third-order valence-electron chi connectivity index (χ3n) is 2.67. The Balaban J connectivity index is 2.85. The van der Waals surface area contributed by atoms with Crippen LogP contribution in [0, 0.1) is 6.92 Å². The van der Waals surface area contributed by atoms with E-state index in [2.05, 4.69) is 26.1 Å². The first kappa shape index (κ1) is 11.9. The van der Waals surface area contributed by atoms with Crippen LogP contribution in [0.3, 0.4) is 0 Å². The first-order chi connectivity index (χ1) is 6.96. The molecule has 0 aliphatic carbocycles. The van der Waals surface area contributed by atoms with Gasteiger partial charge in [0.15, 0.2) is 0 Å². The third-order valence-corrected chi connectivity index (χ3v) is 2.67. The largest absolute Gasteiger partial charge is 0.397 e. The van der Waals surface area contributed by atoms with Crippen LogP contribution in [-0.2, 0) is 0 Å². The van der Waals surface area contributed by atoms with E-state index in [-0.39, 0.29) is 5.54 Å². The molecule has 1 rings (SSSR count). The van der Waals surface area contributed by atoms with E-state index in [1.54, 1.807) is 0 Å². The second-order valence-corrected chi connectivity index (χ2v) is 4.80. The molecule has 0 aliphatic heterocycles. The van der Waals surface area contributed by atoms with Gasteiger partial charge < -0.3 is 11.1 Å². The van der Waals surface area contributed by atoms with Gasteiger partial charge in [0.05, 0.1) is 11.4 Å². The van der Waals surface area contributed by atoms with E-state index >= 15 is 0 Å². The quantitative estimate of drug-likeness (QED) is 0.739. The van der Waals surface area contributed by atoms with Gasteiger partial charge in [-0.05, 0) is 38.8 Å². The summed E-state index contributed by atoms with van der Waals surface area (Å²) in [7, 11) is 0. The number of anilines is 2. The minimum atomic E-state index is 0.108. The van der Waals surface area contributed by atoms with E-state index in [4.69, 9.17) is 5.73 Å². The summed E-state index contributed by atoms with van der Waals surface area (Å²) in [6.45, 7) is 8.65. The zero-order valence-electron chi connectivity index (χ0n) is 10.2. The molecule has 0 heterocycles. The first-order valence-electron chi connectivity index (χ1n) is 5.59. The highest BCUT2D eigenvalue weighted by molar-refractivity contribution is 5.70. The summed E-state index contributed by atoms with van der Waals surface area (Å²) in [6, 6.07) is 6.11. The lowest BCUT2D eigenvalue weighted by Gasteiger charge is -2.28. The molecule has 0 atom stereocenters. The Kier molecular flexibility index (Phi) is 3.61. The summed E-state index contributed by atoms with van der Waals surface area (Å²) >= 11 is 0. The summed E-state index contributed by atoms with van der Waals surface area (Å²) in [5.41, 5.74) is 9.18. The predicted octanol–water partition coefficient (Wildman–Crippen LogP) is 3.57. The Morgan fingerprint density at radius 2 is 2.00 bits per heavy atom. The summed E-state index contributed by atoms with van der Waals surface area (Å²) in [5, 5.41) is 3.50. The van der Waals surface area contributed by atoms with Crippen LogP contribution in [0.25, 0.3) is 0 Å². The lowest BCUT2D eigenvalue weighted by molar-refractivity contribution is 0.511. The molecule has 15 heavy (non-hydrogen) atoms. The molecule has 2 nitrogen and oxygen atoms in total. The Hall–Kier alpha value is -1.18. The SMILES string of the molecule is CCCC(C)(C)Nc1cccc(C)c1N. The number of nitrogens with two attached hydrogens (primary N) is 1. The molecule has 0 amide bonds. The highest BCUT2D eigenvalue weighted by atomic mass is 15.0.